The lowest BCUT2D eigenvalue weighted by atomic mass is 9.76. The van der Waals surface area contributed by atoms with Gasteiger partial charge in [-0.15, -0.1) is 0 Å². The highest BCUT2D eigenvalue weighted by Crippen LogP contribution is 2.40. The Morgan fingerprint density at radius 2 is 0.808 bits per heavy atom. The lowest BCUT2D eigenvalue weighted by Gasteiger charge is -2.29. The van der Waals surface area contributed by atoms with Gasteiger partial charge in [0.05, 0.1) is 0 Å². The SMILES string of the molecule is O=C(O)O.O=C(O)O.c1ccc(C2CCC(c3ccccc3)CC2)cc1. The lowest BCUT2D eigenvalue weighted by molar-refractivity contribution is 0.135. The largest absolute Gasteiger partial charge is 0.503 e. The molecular formula is C20H24O6. The molecule has 1 saturated carbocycles. The highest BCUT2D eigenvalue weighted by atomic mass is 16.6. The molecule has 2 aromatic rings. The van der Waals surface area contributed by atoms with Gasteiger partial charge in [0.25, 0.3) is 0 Å². The van der Waals surface area contributed by atoms with Crippen LogP contribution in [-0.4, -0.2) is 32.7 Å². The molecule has 0 heterocycles. The van der Waals surface area contributed by atoms with E-state index in [2.05, 4.69) is 60.7 Å². The molecule has 0 radical (unpaired) electrons. The van der Waals surface area contributed by atoms with Crippen LogP contribution in [0.25, 0.3) is 0 Å². The predicted molar refractivity (Wildman–Crippen MR) is 98.1 cm³/mol. The van der Waals surface area contributed by atoms with Crippen LogP contribution in [0.3, 0.4) is 0 Å². The third kappa shape index (κ3) is 8.73. The van der Waals surface area contributed by atoms with Crippen LogP contribution in [0.5, 0.6) is 0 Å². The molecule has 6 heteroatoms. The molecule has 0 unspecified atom stereocenters. The Hall–Kier alpha value is -3.02. The molecule has 0 saturated heterocycles. The summed E-state index contributed by atoms with van der Waals surface area (Å²) in [6, 6.07) is 22.0. The van der Waals surface area contributed by atoms with Crippen molar-refractivity contribution in [2.75, 3.05) is 0 Å². The van der Waals surface area contributed by atoms with Gasteiger partial charge in [-0.1, -0.05) is 60.7 Å². The van der Waals surface area contributed by atoms with Gasteiger partial charge < -0.3 is 20.4 Å². The van der Waals surface area contributed by atoms with Crippen molar-refractivity contribution in [1.82, 2.24) is 0 Å². The highest BCUT2D eigenvalue weighted by molar-refractivity contribution is 5.53. The van der Waals surface area contributed by atoms with E-state index in [0.717, 1.165) is 11.8 Å². The molecular weight excluding hydrogens is 336 g/mol. The molecule has 4 N–H and O–H groups in total. The van der Waals surface area contributed by atoms with Gasteiger partial charge in [-0.3, -0.25) is 0 Å². The average Bonchev–Trinajstić information content (AvgIpc) is 2.62. The van der Waals surface area contributed by atoms with Crippen molar-refractivity contribution in [3.05, 3.63) is 71.8 Å². The summed E-state index contributed by atoms with van der Waals surface area (Å²) in [5.41, 5.74) is 3.06. The zero-order valence-electron chi connectivity index (χ0n) is 14.4. The average molecular weight is 360 g/mol. The zero-order chi connectivity index (χ0) is 19.4. The monoisotopic (exact) mass is 360 g/mol. The van der Waals surface area contributed by atoms with E-state index >= 15 is 0 Å². The molecule has 140 valence electrons. The third-order valence-electron chi connectivity index (χ3n) is 4.27. The number of hydrogen-bond donors (Lipinski definition) is 4. The van der Waals surface area contributed by atoms with Crippen molar-refractivity contribution in [2.24, 2.45) is 0 Å². The van der Waals surface area contributed by atoms with Crippen LogP contribution >= 0.6 is 0 Å². The van der Waals surface area contributed by atoms with E-state index < -0.39 is 12.3 Å². The van der Waals surface area contributed by atoms with Crippen LogP contribution in [0.15, 0.2) is 60.7 Å². The van der Waals surface area contributed by atoms with E-state index in [9.17, 15) is 0 Å². The summed E-state index contributed by atoms with van der Waals surface area (Å²) in [6.45, 7) is 0. The maximum atomic E-state index is 8.56. The van der Waals surface area contributed by atoms with Crippen LogP contribution in [-0.2, 0) is 0 Å². The molecule has 0 amide bonds. The lowest BCUT2D eigenvalue weighted by Crippen LogP contribution is -2.11. The summed E-state index contributed by atoms with van der Waals surface area (Å²) in [5, 5.41) is 27.9. The summed E-state index contributed by atoms with van der Waals surface area (Å²) in [6.07, 6.45) is 1.68. The standard InChI is InChI=1S/C18H20.2CH2O3/c1-3-7-15(8-4-1)17-11-13-18(14-12-17)16-9-5-2-6-10-16;2*2-1(3)4/h1-10,17-18H,11-14H2;2*(H2,2,3,4). The van der Waals surface area contributed by atoms with E-state index in [0.29, 0.717) is 0 Å². The molecule has 0 spiro atoms. The topological polar surface area (TPSA) is 115 Å². The normalized spacial score (nSPS) is 18.3. The van der Waals surface area contributed by atoms with Crippen molar-refractivity contribution >= 4 is 12.3 Å². The maximum absolute atomic E-state index is 8.56. The number of rotatable bonds is 2. The molecule has 1 aliphatic carbocycles. The van der Waals surface area contributed by atoms with Gasteiger partial charge in [0.15, 0.2) is 0 Å². The Morgan fingerprint density at radius 1 is 0.577 bits per heavy atom. The van der Waals surface area contributed by atoms with E-state index in [1.807, 2.05) is 0 Å². The van der Waals surface area contributed by atoms with Gasteiger partial charge in [0, 0.05) is 0 Å². The molecule has 1 aliphatic rings. The number of hydrogen-bond acceptors (Lipinski definition) is 2. The molecule has 3 rings (SSSR count). The smallest absolute Gasteiger partial charge is 0.450 e. The van der Waals surface area contributed by atoms with Gasteiger partial charge in [-0.05, 0) is 48.6 Å². The highest BCUT2D eigenvalue weighted by Gasteiger charge is 2.22. The first-order valence-corrected chi connectivity index (χ1v) is 8.33. The van der Waals surface area contributed by atoms with E-state index in [4.69, 9.17) is 30.0 Å². The molecule has 0 aromatic heterocycles. The summed E-state index contributed by atoms with van der Waals surface area (Å²) >= 11 is 0. The van der Waals surface area contributed by atoms with Crippen molar-refractivity contribution in [1.29, 1.82) is 0 Å². The molecule has 0 atom stereocenters. The molecule has 6 nitrogen and oxygen atoms in total. The third-order valence-corrected chi connectivity index (χ3v) is 4.27. The summed E-state index contributed by atoms with van der Waals surface area (Å²) < 4.78 is 0. The van der Waals surface area contributed by atoms with Crippen molar-refractivity contribution in [2.45, 2.75) is 37.5 Å². The zero-order valence-corrected chi connectivity index (χ0v) is 14.4. The van der Waals surface area contributed by atoms with Gasteiger partial charge in [-0.2, -0.15) is 0 Å². The Morgan fingerprint density at radius 3 is 1.04 bits per heavy atom. The number of benzene rings is 2. The van der Waals surface area contributed by atoms with E-state index in [-0.39, 0.29) is 0 Å². The predicted octanol–water partition coefficient (Wildman–Crippen LogP) is 5.57. The van der Waals surface area contributed by atoms with E-state index in [1.165, 1.54) is 36.8 Å². The minimum Gasteiger partial charge on any atom is -0.450 e. The first-order chi connectivity index (χ1) is 12.4. The second kappa shape index (κ2) is 11.5. The second-order valence-corrected chi connectivity index (χ2v) is 5.94. The summed E-state index contributed by atoms with van der Waals surface area (Å²) in [4.78, 5) is 17.1. The first kappa shape index (κ1) is 21.0. The van der Waals surface area contributed by atoms with Gasteiger partial charge >= 0.3 is 12.3 Å². The van der Waals surface area contributed by atoms with E-state index in [1.54, 1.807) is 0 Å². The molecule has 0 aliphatic heterocycles. The fraction of sp³-hybridized carbons (Fsp3) is 0.300. The fourth-order valence-corrected chi connectivity index (χ4v) is 3.21. The molecule has 1 fully saturated rings. The van der Waals surface area contributed by atoms with Gasteiger partial charge in [0.2, 0.25) is 0 Å². The van der Waals surface area contributed by atoms with Gasteiger partial charge in [-0.25, -0.2) is 9.59 Å². The first-order valence-electron chi connectivity index (χ1n) is 8.33. The van der Waals surface area contributed by atoms with Crippen molar-refractivity contribution in [3.8, 4) is 0 Å². The molecule has 0 bridgehead atoms. The van der Waals surface area contributed by atoms with Crippen LogP contribution < -0.4 is 0 Å². The number of carboxylic acid groups (broad SMARTS) is 4. The Bertz CT molecular complexity index is 581. The Kier molecular flexibility index (Phi) is 9.31. The van der Waals surface area contributed by atoms with Crippen LogP contribution in [0, 0.1) is 0 Å². The van der Waals surface area contributed by atoms with Crippen molar-refractivity contribution in [3.63, 3.8) is 0 Å². The number of carbonyl (C=O) groups is 2. The maximum Gasteiger partial charge on any atom is 0.503 e. The van der Waals surface area contributed by atoms with Gasteiger partial charge in [0.1, 0.15) is 0 Å². The quantitative estimate of drug-likeness (QED) is 0.556. The second-order valence-electron chi connectivity index (χ2n) is 5.94. The van der Waals surface area contributed by atoms with Crippen LogP contribution in [0.4, 0.5) is 9.59 Å². The van der Waals surface area contributed by atoms with Crippen LogP contribution in [0.1, 0.15) is 48.6 Å². The summed E-state index contributed by atoms with van der Waals surface area (Å²) in [5.74, 6) is 1.57. The molecule has 26 heavy (non-hydrogen) atoms. The fourth-order valence-electron chi connectivity index (χ4n) is 3.21. The summed E-state index contributed by atoms with van der Waals surface area (Å²) in [7, 11) is 0. The minimum absolute atomic E-state index is 0.783. The van der Waals surface area contributed by atoms with Crippen LogP contribution in [0.2, 0.25) is 0 Å². The van der Waals surface area contributed by atoms with Crippen molar-refractivity contribution < 1.29 is 30.0 Å². The molecule has 2 aromatic carbocycles. The minimum atomic E-state index is -1.83. The Labute approximate surface area is 152 Å². The Balaban J connectivity index is 0.000000360.